The minimum absolute atomic E-state index is 0.213. The Morgan fingerprint density at radius 3 is 2.00 bits per heavy atom. The van der Waals surface area contributed by atoms with E-state index in [-0.39, 0.29) is 11.4 Å². The predicted molar refractivity (Wildman–Crippen MR) is 79.8 cm³/mol. The van der Waals surface area contributed by atoms with E-state index >= 15 is 0 Å². The molecule has 1 aliphatic carbocycles. The van der Waals surface area contributed by atoms with Crippen molar-refractivity contribution in [1.82, 2.24) is 10.3 Å². The summed E-state index contributed by atoms with van der Waals surface area (Å²) in [6.07, 6.45) is -12.0. The van der Waals surface area contributed by atoms with Gasteiger partial charge < -0.3 is 10.1 Å². The van der Waals surface area contributed by atoms with Crippen LogP contribution in [0.25, 0.3) is 0 Å². The molecular weight excluding hydrogens is 382 g/mol. The zero-order valence-corrected chi connectivity index (χ0v) is 14.0. The number of carbonyl (C=O) groups is 2. The molecule has 0 bridgehead atoms. The molecule has 0 saturated heterocycles. The van der Waals surface area contributed by atoms with Crippen LogP contribution in [0.1, 0.15) is 40.2 Å². The number of nitrogens with one attached hydrogen (secondary N) is 1. The molecule has 5 nitrogen and oxygen atoms in total. The molecule has 1 saturated carbocycles. The van der Waals surface area contributed by atoms with Crippen LogP contribution in [-0.2, 0) is 4.74 Å². The van der Waals surface area contributed by atoms with Crippen LogP contribution in [0.2, 0.25) is 0 Å². The maximum atomic E-state index is 13.0. The number of ether oxygens (including phenoxy) is 1. The van der Waals surface area contributed by atoms with Crippen molar-refractivity contribution < 1.29 is 40.7 Å². The van der Waals surface area contributed by atoms with Crippen molar-refractivity contribution in [2.75, 3.05) is 7.11 Å². The van der Waals surface area contributed by atoms with Crippen LogP contribution in [0.5, 0.6) is 0 Å². The molecular formula is C16H16F6N2O3. The number of nitrogens with zero attached hydrogens (tertiary/aromatic N) is 1. The number of carbonyl (C=O) groups excluding carboxylic acids is 2. The number of rotatable bonds is 3. The second-order valence-electron chi connectivity index (χ2n) is 6.25. The Bertz CT molecular complexity index is 682. The maximum Gasteiger partial charge on any atom is 0.391 e. The molecule has 150 valence electrons. The van der Waals surface area contributed by atoms with Gasteiger partial charge in [-0.25, -0.2) is 9.78 Å². The smallest absolute Gasteiger partial charge is 0.391 e. The first-order valence-corrected chi connectivity index (χ1v) is 7.91. The second kappa shape index (κ2) is 7.73. The summed E-state index contributed by atoms with van der Waals surface area (Å²) in [5.41, 5.74) is -0.522. The van der Waals surface area contributed by atoms with Crippen molar-refractivity contribution in [3.63, 3.8) is 0 Å². The van der Waals surface area contributed by atoms with Gasteiger partial charge in [-0.3, -0.25) is 4.79 Å². The average molecular weight is 398 g/mol. The van der Waals surface area contributed by atoms with Gasteiger partial charge >= 0.3 is 18.3 Å². The van der Waals surface area contributed by atoms with Gasteiger partial charge in [-0.1, -0.05) is 6.07 Å². The summed E-state index contributed by atoms with van der Waals surface area (Å²) in [5, 5.41) is 2.17. The van der Waals surface area contributed by atoms with E-state index in [1.54, 1.807) is 0 Å². The van der Waals surface area contributed by atoms with Gasteiger partial charge in [0, 0.05) is 6.04 Å². The van der Waals surface area contributed by atoms with Crippen LogP contribution in [0.15, 0.2) is 18.2 Å². The van der Waals surface area contributed by atoms with Crippen molar-refractivity contribution in [1.29, 1.82) is 0 Å². The first-order chi connectivity index (χ1) is 12.4. The van der Waals surface area contributed by atoms with E-state index in [4.69, 9.17) is 0 Å². The van der Waals surface area contributed by atoms with Crippen LogP contribution in [0, 0.1) is 11.8 Å². The molecule has 0 spiro atoms. The largest absolute Gasteiger partial charge is 0.464 e. The zero-order chi connectivity index (χ0) is 20.4. The fraction of sp³-hybridized carbons (Fsp3) is 0.562. The number of esters is 1. The van der Waals surface area contributed by atoms with Crippen LogP contribution >= 0.6 is 0 Å². The van der Waals surface area contributed by atoms with Crippen molar-refractivity contribution in [3.8, 4) is 0 Å². The Morgan fingerprint density at radius 2 is 1.52 bits per heavy atom. The van der Waals surface area contributed by atoms with Gasteiger partial charge in [-0.2, -0.15) is 26.3 Å². The molecule has 1 N–H and O–H groups in total. The third-order valence-corrected chi connectivity index (χ3v) is 4.34. The number of aromatic nitrogens is 1. The van der Waals surface area contributed by atoms with Gasteiger partial charge in [0.2, 0.25) is 0 Å². The van der Waals surface area contributed by atoms with Crippen molar-refractivity contribution in [2.24, 2.45) is 11.8 Å². The summed E-state index contributed by atoms with van der Waals surface area (Å²) < 4.78 is 82.3. The van der Waals surface area contributed by atoms with Crippen molar-refractivity contribution in [2.45, 2.75) is 37.7 Å². The van der Waals surface area contributed by atoms with E-state index in [0.29, 0.717) is 0 Å². The van der Waals surface area contributed by atoms with Gasteiger partial charge in [-0.05, 0) is 31.4 Å². The number of pyridine rings is 1. The molecule has 1 aromatic heterocycles. The Kier molecular flexibility index (Phi) is 6.01. The predicted octanol–water partition coefficient (Wildman–Crippen LogP) is 3.51. The van der Waals surface area contributed by atoms with E-state index in [2.05, 4.69) is 15.0 Å². The van der Waals surface area contributed by atoms with E-state index in [9.17, 15) is 35.9 Å². The Balaban J connectivity index is 2.16. The standard InChI is InChI=1S/C16H16F6N2O3/c1-27-14(26)12-4-2-3-11(24-12)13(25)23-10-6-8(15(17,18)19)5-9(7-10)16(20,21)22/h2-4,8-10H,5-7H2,1H3,(H,23,25). The van der Waals surface area contributed by atoms with Gasteiger partial charge in [0.25, 0.3) is 5.91 Å². The van der Waals surface area contributed by atoms with Crippen LogP contribution < -0.4 is 5.32 Å². The number of halogens is 6. The highest BCUT2D eigenvalue weighted by atomic mass is 19.4. The highest BCUT2D eigenvalue weighted by Crippen LogP contribution is 2.45. The monoisotopic (exact) mass is 398 g/mol. The first-order valence-electron chi connectivity index (χ1n) is 7.91. The molecule has 2 rings (SSSR count). The van der Waals surface area contributed by atoms with Gasteiger partial charge in [0.1, 0.15) is 11.4 Å². The number of hydrogen-bond donors (Lipinski definition) is 1. The molecule has 0 radical (unpaired) electrons. The fourth-order valence-electron chi connectivity index (χ4n) is 3.01. The van der Waals surface area contributed by atoms with Crippen molar-refractivity contribution in [3.05, 3.63) is 29.6 Å². The molecule has 1 fully saturated rings. The lowest BCUT2D eigenvalue weighted by atomic mass is 9.77. The SMILES string of the molecule is COC(=O)c1cccc(C(=O)NC2CC(C(F)(F)F)CC(C(F)(F)F)C2)n1. The number of methoxy groups -OCH3 is 1. The van der Waals surface area contributed by atoms with Gasteiger partial charge in [0.15, 0.2) is 0 Å². The summed E-state index contributed by atoms with van der Waals surface area (Å²) in [7, 11) is 1.09. The Labute approximate surface area is 150 Å². The second-order valence-corrected chi connectivity index (χ2v) is 6.25. The lowest BCUT2D eigenvalue weighted by molar-refractivity contribution is -0.225. The van der Waals surface area contributed by atoms with Gasteiger partial charge in [0.05, 0.1) is 18.9 Å². The quantitative estimate of drug-likeness (QED) is 0.625. The van der Waals surface area contributed by atoms with Crippen LogP contribution in [0.3, 0.4) is 0 Å². The van der Waals surface area contributed by atoms with E-state index in [1.165, 1.54) is 18.2 Å². The zero-order valence-electron chi connectivity index (χ0n) is 14.0. The summed E-state index contributed by atoms with van der Waals surface area (Å²) in [4.78, 5) is 27.3. The summed E-state index contributed by atoms with van der Waals surface area (Å²) in [6, 6.07) is 2.41. The van der Waals surface area contributed by atoms with E-state index in [0.717, 1.165) is 7.11 Å². The molecule has 11 heteroatoms. The molecule has 27 heavy (non-hydrogen) atoms. The lowest BCUT2D eigenvalue weighted by Gasteiger charge is -2.36. The number of hydrogen-bond acceptors (Lipinski definition) is 4. The highest BCUT2D eigenvalue weighted by molar-refractivity contribution is 5.94. The third-order valence-electron chi connectivity index (χ3n) is 4.34. The average Bonchev–Trinajstić information content (AvgIpc) is 2.59. The normalized spacial score (nSPS) is 23.6. The lowest BCUT2D eigenvalue weighted by Crippen LogP contribution is -2.47. The van der Waals surface area contributed by atoms with E-state index < -0.39 is 61.4 Å². The Morgan fingerprint density at radius 1 is 1.00 bits per heavy atom. The van der Waals surface area contributed by atoms with Crippen molar-refractivity contribution >= 4 is 11.9 Å². The molecule has 1 aromatic rings. The first kappa shape index (κ1) is 21.0. The minimum Gasteiger partial charge on any atom is -0.464 e. The molecule has 0 aliphatic heterocycles. The Hall–Kier alpha value is -2.33. The molecule has 2 unspecified atom stereocenters. The van der Waals surface area contributed by atoms with Crippen LogP contribution in [0.4, 0.5) is 26.3 Å². The topological polar surface area (TPSA) is 68.3 Å². The maximum absolute atomic E-state index is 13.0. The van der Waals surface area contributed by atoms with Crippen LogP contribution in [-0.4, -0.2) is 42.4 Å². The third kappa shape index (κ3) is 5.33. The molecule has 1 amide bonds. The van der Waals surface area contributed by atoms with E-state index in [1.807, 2.05) is 0 Å². The minimum atomic E-state index is -4.80. The highest BCUT2D eigenvalue weighted by Gasteiger charge is 2.52. The van der Waals surface area contributed by atoms with Gasteiger partial charge in [-0.15, -0.1) is 0 Å². The molecule has 1 heterocycles. The summed E-state index contributed by atoms with van der Waals surface area (Å²) in [5.74, 6) is -6.14. The molecule has 1 aliphatic rings. The number of alkyl halides is 6. The number of amides is 1. The molecule has 2 atom stereocenters. The summed E-state index contributed by atoms with van der Waals surface area (Å²) >= 11 is 0. The fourth-order valence-corrected chi connectivity index (χ4v) is 3.01. The molecule has 0 aromatic carbocycles. The summed E-state index contributed by atoms with van der Waals surface area (Å²) in [6.45, 7) is 0.